The molecule has 0 aliphatic carbocycles. The summed E-state index contributed by atoms with van der Waals surface area (Å²) in [5, 5.41) is 10.5. The van der Waals surface area contributed by atoms with Gasteiger partial charge in [0, 0.05) is 45.4 Å². The first-order chi connectivity index (χ1) is 11.8. The van der Waals surface area contributed by atoms with Crippen LogP contribution < -0.4 is 15.5 Å². The lowest BCUT2D eigenvalue weighted by molar-refractivity contribution is 0.144. The number of aliphatic imine (C=N–C) groups is 1. The average Bonchev–Trinajstić information content (AvgIpc) is 3.13. The van der Waals surface area contributed by atoms with Gasteiger partial charge in [0.2, 0.25) is 0 Å². The van der Waals surface area contributed by atoms with Crippen LogP contribution in [0.25, 0.3) is 0 Å². The molecule has 0 bridgehead atoms. The summed E-state index contributed by atoms with van der Waals surface area (Å²) >= 11 is 1.83. The maximum Gasteiger partial charge on any atom is 0.191 e. The predicted octanol–water partition coefficient (Wildman–Crippen LogP) is 3.09. The van der Waals surface area contributed by atoms with Crippen molar-refractivity contribution in [2.75, 3.05) is 44.3 Å². The first-order valence-electron chi connectivity index (χ1n) is 9.24. The lowest BCUT2D eigenvalue weighted by atomic mass is 10.1. The number of unbranched alkanes of at least 4 members (excludes halogenated alkanes) is 1. The molecule has 2 N–H and O–H groups in total. The zero-order valence-corrected chi connectivity index (χ0v) is 15.9. The molecule has 1 aromatic rings. The molecule has 2 rings (SSSR count). The minimum Gasteiger partial charge on any atom is -0.382 e. The number of piperidine rings is 1. The van der Waals surface area contributed by atoms with Crippen molar-refractivity contribution < 1.29 is 4.74 Å². The molecule has 24 heavy (non-hydrogen) atoms. The Bertz CT molecular complexity index is 456. The highest BCUT2D eigenvalue weighted by Crippen LogP contribution is 2.24. The fraction of sp³-hybridized carbons (Fsp3) is 0.722. The van der Waals surface area contributed by atoms with Gasteiger partial charge in [-0.1, -0.05) is 0 Å². The van der Waals surface area contributed by atoms with Gasteiger partial charge >= 0.3 is 0 Å². The van der Waals surface area contributed by atoms with E-state index in [1.165, 1.54) is 5.00 Å². The highest BCUT2D eigenvalue weighted by atomic mass is 32.1. The average molecular weight is 353 g/mol. The molecule has 1 aliphatic rings. The first kappa shape index (κ1) is 19.1. The Balaban J connectivity index is 1.70. The van der Waals surface area contributed by atoms with E-state index in [2.05, 4.69) is 40.0 Å². The summed E-state index contributed by atoms with van der Waals surface area (Å²) < 4.78 is 5.37. The Morgan fingerprint density at radius 3 is 2.83 bits per heavy atom. The van der Waals surface area contributed by atoms with Crippen molar-refractivity contribution in [1.82, 2.24) is 10.6 Å². The summed E-state index contributed by atoms with van der Waals surface area (Å²) in [7, 11) is 0. The van der Waals surface area contributed by atoms with Crippen molar-refractivity contribution in [3.05, 3.63) is 17.5 Å². The molecule has 0 saturated carbocycles. The second-order valence-corrected chi connectivity index (χ2v) is 6.95. The number of guanidine groups is 1. The summed E-state index contributed by atoms with van der Waals surface area (Å²) in [6.45, 7) is 9.79. The number of thiophene rings is 1. The molecular formula is C18H32N4OS. The van der Waals surface area contributed by atoms with E-state index in [0.29, 0.717) is 6.04 Å². The summed E-state index contributed by atoms with van der Waals surface area (Å²) in [6, 6.07) is 4.86. The van der Waals surface area contributed by atoms with Gasteiger partial charge < -0.3 is 20.3 Å². The van der Waals surface area contributed by atoms with Gasteiger partial charge in [-0.2, -0.15) is 0 Å². The van der Waals surface area contributed by atoms with E-state index < -0.39 is 0 Å². The largest absolute Gasteiger partial charge is 0.382 e. The molecule has 136 valence electrons. The van der Waals surface area contributed by atoms with Crippen LogP contribution in [0.4, 0.5) is 5.00 Å². The molecule has 2 heterocycles. The summed E-state index contributed by atoms with van der Waals surface area (Å²) in [5.41, 5.74) is 0. The van der Waals surface area contributed by atoms with Gasteiger partial charge in [-0.05, 0) is 57.0 Å². The first-order valence-corrected chi connectivity index (χ1v) is 10.1. The fourth-order valence-electron chi connectivity index (χ4n) is 2.86. The van der Waals surface area contributed by atoms with Crippen LogP contribution in [0.1, 0.15) is 39.5 Å². The Kier molecular flexibility index (Phi) is 8.98. The summed E-state index contributed by atoms with van der Waals surface area (Å²) in [5.74, 6) is 0.962. The Labute approximate surface area is 150 Å². The van der Waals surface area contributed by atoms with Gasteiger partial charge in [-0.3, -0.25) is 4.99 Å². The van der Waals surface area contributed by atoms with Crippen LogP contribution in [-0.2, 0) is 4.74 Å². The number of hydrogen-bond acceptors (Lipinski definition) is 4. The highest BCUT2D eigenvalue weighted by molar-refractivity contribution is 7.14. The molecule has 6 heteroatoms. The topological polar surface area (TPSA) is 48.9 Å². The zero-order chi connectivity index (χ0) is 17.0. The maximum atomic E-state index is 5.37. The van der Waals surface area contributed by atoms with Crippen molar-refractivity contribution >= 4 is 22.3 Å². The van der Waals surface area contributed by atoms with Gasteiger partial charge in [0.05, 0.1) is 5.00 Å². The van der Waals surface area contributed by atoms with Crippen molar-refractivity contribution in [3.63, 3.8) is 0 Å². The van der Waals surface area contributed by atoms with E-state index in [0.717, 1.165) is 71.0 Å². The van der Waals surface area contributed by atoms with Crippen LogP contribution in [0.15, 0.2) is 22.5 Å². The minimum absolute atomic E-state index is 0.516. The van der Waals surface area contributed by atoms with E-state index in [4.69, 9.17) is 9.73 Å². The van der Waals surface area contributed by atoms with Gasteiger partial charge in [-0.25, -0.2) is 0 Å². The van der Waals surface area contributed by atoms with Crippen molar-refractivity contribution in [2.45, 2.75) is 45.6 Å². The summed E-state index contributed by atoms with van der Waals surface area (Å²) in [4.78, 5) is 7.19. The van der Waals surface area contributed by atoms with E-state index in [1.807, 2.05) is 18.3 Å². The SMILES string of the molecule is CCNC(=NCCCCOCC)NC1CCN(c2cccs2)CC1. The van der Waals surface area contributed by atoms with E-state index in [9.17, 15) is 0 Å². The number of nitrogens with zero attached hydrogens (tertiary/aromatic N) is 2. The molecule has 0 aromatic carbocycles. The number of ether oxygens (including phenoxy) is 1. The second kappa shape index (κ2) is 11.3. The number of nitrogens with one attached hydrogen (secondary N) is 2. The molecule has 0 atom stereocenters. The number of anilines is 1. The van der Waals surface area contributed by atoms with Crippen LogP contribution in [0.5, 0.6) is 0 Å². The van der Waals surface area contributed by atoms with E-state index >= 15 is 0 Å². The fourth-order valence-corrected chi connectivity index (χ4v) is 3.64. The van der Waals surface area contributed by atoms with Crippen molar-refractivity contribution in [3.8, 4) is 0 Å². The third-order valence-corrected chi connectivity index (χ3v) is 5.10. The van der Waals surface area contributed by atoms with Crippen molar-refractivity contribution in [1.29, 1.82) is 0 Å². The minimum atomic E-state index is 0.516. The Hall–Kier alpha value is -1.27. The van der Waals surface area contributed by atoms with Crippen LogP contribution in [0.3, 0.4) is 0 Å². The molecular weight excluding hydrogens is 320 g/mol. The van der Waals surface area contributed by atoms with Crippen LogP contribution in [-0.4, -0.2) is 51.4 Å². The molecule has 0 amide bonds. The Morgan fingerprint density at radius 2 is 2.17 bits per heavy atom. The monoisotopic (exact) mass is 352 g/mol. The quantitative estimate of drug-likeness (QED) is 0.407. The summed E-state index contributed by atoms with van der Waals surface area (Å²) in [6.07, 6.45) is 4.47. The van der Waals surface area contributed by atoms with Crippen LogP contribution in [0.2, 0.25) is 0 Å². The van der Waals surface area contributed by atoms with Gasteiger partial charge in [0.15, 0.2) is 5.96 Å². The lowest BCUT2D eigenvalue weighted by Gasteiger charge is -2.33. The smallest absolute Gasteiger partial charge is 0.191 e. The zero-order valence-electron chi connectivity index (χ0n) is 15.1. The molecule has 0 radical (unpaired) electrons. The highest BCUT2D eigenvalue weighted by Gasteiger charge is 2.20. The number of hydrogen-bond donors (Lipinski definition) is 2. The third kappa shape index (κ3) is 6.69. The molecule has 1 aliphatic heterocycles. The second-order valence-electron chi connectivity index (χ2n) is 6.02. The van der Waals surface area contributed by atoms with Gasteiger partial charge in [0.25, 0.3) is 0 Å². The van der Waals surface area contributed by atoms with E-state index in [-0.39, 0.29) is 0 Å². The lowest BCUT2D eigenvalue weighted by Crippen LogP contribution is -2.48. The molecule has 1 saturated heterocycles. The van der Waals surface area contributed by atoms with Gasteiger partial charge in [-0.15, -0.1) is 11.3 Å². The standard InChI is InChI=1S/C18H32N4OS/c1-3-19-18(20-11-5-6-14-23-4-2)21-16-9-12-22(13-10-16)17-8-7-15-24-17/h7-8,15-16H,3-6,9-14H2,1-2H3,(H2,19,20,21). The molecule has 0 unspecified atom stereocenters. The van der Waals surface area contributed by atoms with Crippen LogP contribution in [0, 0.1) is 0 Å². The molecule has 1 aromatic heterocycles. The van der Waals surface area contributed by atoms with Crippen LogP contribution >= 0.6 is 11.3 Å². The third-order valence-electron chi connectivity index (χ3n) is 4.17. The molecule has 5 nitrogen and oxygen atoms in total. The van der Waals surface area contributed by atoms with E-state index in [1.54, 1.807) is 0 Å². The normalized spacial score (nSPS) is 16.4. The molecule has 1 fully saturated rings. The maximum absolute atomic E-state index is 5.37. The Morgan fingerprint density at radius 1 is 1.33 bits per heavy atom. The predicted molar refractivity (Wildman–Crippen MR) is 104 cm³/mol. The van der Waals surface area contributed by atoms with Crippen molar-refractivity contribution in [2.24, 2.45) is 4.99 Å². The van der Waals surface area contributed by atoms with Gasteiger partial charge in [0.1, 0.15) is 0 Å². The molecule has 0 spiro atoms. The number of rotatable bonds is 9.